The highest BCUT2D eigenvalue weighted by molar-refractivity contribution is 5.08. The summed E-state index contributed by atoms with van der Waals surface area (Å²) < 4.78 is 35.4. The Bertz CT molecular complexity index is 289. The van der Waals surface area contributed by atoms with E-state index in [1.165, 1.54) is 18.5 Å². The summed E-state index contributed by atoms with van der Waals surface area (Å²) in [5, 5.41) is 16.5. The molecule has 3 nitrogen and oxygen atoms in total. The maximum atomic E-state index is 11.8. The molecule has 1 atom stereocenters. The normalized spacial score (nSPS) is 13.9. The quantitative estimate of drug-likeness (QED) is 0.846. The van der Waals surface area contributed by atoms with Gasteiger partial charge in [-0.1, -0.05) is 0 Å². The van der Waals surface area contributed by atoms with Crippen LogP contribution in [0.25, 0.3) is 0 Å². The van der Waals surface area contributed by atoms with Gasteiger partial charge in [0.1, 0.15) is 0 Å². The Morgan fingerprint density at radius 1 is 1.33 bits per heavy atom. The highest BCUT2D eigenvalue weighted by Crippen LogP contribution is 2.25. The van der Waals surface area contributed by atoms with Crippen molar-refractivity contribution in [3.63, 3.8) is 0 Å². The van der Waals surface area contributed by atoms with Crippen LogP contribution in [0.5, 0.6) is 0 Å². The standard InChI is InChI=1S/C9H11F3N2O/c10-9(11,12)4-1-2-8(15)7-3-5-13-14-6-7/h3,5-6,8,15H,1-2,4H2. The van der Waals surface area contributed by atoms with E-state index in [9.17, 15) is 18.3 Å². The molecule has 0 saturated carbocycles. The molecule has 0 aliphatic heterocycles. The molecular formula is C9H11F3N2O. The Balaban J connectivity index is 2.34. The zero-order valence-electron chi connectivity index (χ0n) is 7.91. The number of rotatable bonds is 4. The third-order valence-electron chi connectivity index (χ3n) is 1.93. The van der Waals surface area contributed by atoms with Crippen LogP contribution in [0.2, 0.25) is 0 Å². The number of alkyl halides is 3. The smallest absolute Gasteiger partial charge is 0.388 e. The number of hydrogen-bond donors (Lipinski definition) is 1. The van der Waals surface area contributed by atoms with E-state index in [2.05, 4.69) is 10.2 Å². The highest BCUT2D eigenvalue weighted by Gasteiger charge is 2.26. The largest absolute Gasteiger partial charge is 0.389 e. The van der Waals surface area contributed by atoms with E-state index in [-0.39, 0.29) is 12.8 Å². The molecule has 1 heterocycles. The fourth-order valence-corrected chi connectivity index (χ4v) is 1.16. The van der Waals surface area contributed by atoms with Gasteiger partial charge in [0, 0.05) is 18.2 Å². The summed E-state index contributed by atoms with van der Waals surface area (Å²) in [6.45, 7) is 0. The average Bonchev–Trinajstić information content (AvgIpc) is 2.17. The van der Waals surface area contributed by atoms with Gasteiger partial charge in [-0.3, -0.25) is 0 Å². The highest BCUT2D eigenvalue weighted by atomic mass is 19.4. The number of hydrogen-bond acceptors (Lipinski definition) is 3. The van der Waals surface area contributed by atoms with Gasteiger partial charge in [0.05, 0.1) is 12.3 Å². The minimum atomic E-state index is -4.16. The molecule has 0 fully saturated rings. The summed E-state index contributed by atoms with van der Waals surface area (Å²) in [7, 11) is 0. The first kappa shape index (κ1) is 11.9. The maximum Gasteiger partial charge on any atom is 0.389 e. The summed E-state index contributed by atoms with van der Waals surface area (Å²) in [4.78, 5) is 0. The van der Waals surface area contributed by atoms with Crippen molar-refractivity contribution < 1.29 is 18.3 Å². The lowest BCUT2D eigenvalue weighted by Crippen LogP contribution is -2.08. The van der Waals surface area contributed by atoms with Crippen molar-refractivity contribution in [1.82, 2.24) is 10.2 Å². The van der Waals surface area contributed by atoms with Crippen molar-refractivity contribution in [3.05, 3.63) is 24.0 Å². The Morgan fingerprint density at radius 3 is 2.60 bits per heavy atom. The Labute approximate surface area is 85.0 Å². The second kappa shape index (κ2) is 5.06. The van der Waals surface area contributed by atoms with Crippen LogP contribution in [0.15, 0.2) is 18.5 Å². The Hall–Kier alpha value is -1.17. The predicted molar refractivity (Wildman–Crippen MR) is 46.9 cm³/mol. The molecule has 0 aliphatic rings. The molecule has 0 bridgehead atoms. The molecule has 0 radical (unpaired) electrons. The zero-order valence-corrected chi connectivity index (χ0v) is 7.91. The van der Waals surface area contributed by atoms with Gasteiger partial charge in [0.25, 0.3) is 0 Å². The van der Waals surface area contributed by atoms with Crippen molar-refractivity contribution in [2.24, 2.45) is 0 Å². The second-order valence-corrected chi connectivity index (χ2v) is 3.20. The summed E-state index contributed by atoms with van der Waals surface area (Å²) >= 11 is 0. The van der Waals surface area contributed by atoms with E-state index in [1.807, 2.05) is 0 Å². The first-order chi connectivity index (χ1) is 6.99. The van der Waals surface area contributed by atoms with Crippen molar-refractivity contribution >= 4 is 0 Å². The first-order valence-electron chi connectivity index (χ1n) is 4.50. The van der Waals surface area contributed by atoms with Crippen molar-refractivity contribution in [1.29, 1.82) is 0 Å². The van der Waals surface area contributed by atoms with Gasteiger partial charge < -0.3 is 5.11 Å². The molecule has 1 N–H and O–H groups in total. The third-order valence-corrected chi connectivity index (χ3v) is 1.93. The van der Waals surface area contributed by atoms with Gasteiger partial charge in [-0.2, -0.15) is 23.4 Å². The van der Waals surface area contributed by atoms with Crippen LogP contribution in [-0.4, -0.2) is 21.5 Å². The second-order valence-electron chi connectivity index (χ2n) is 3.20. The van der Waals surface area contributed by atoms with E-state index >= 15 is 0 Å². The van der Waals surface area contributed by atoms with Gasteiger partial charge in [0.15, 0.2) is 0 Å². The minimum absolute atomic E-state index is 0.0746. The van der Waals surface area contributed by atoms with Crippen LogP contribution in [0.4, 0.5) is 13.2 Å². The SMILES string of the molecule is OC(CCCC(F)(F)F)c1ccnnc1. The summed E-state index contributed by atoms with van der Waals surface area (Å²) in [5.74, 6) is 0. The predicted octanol–water partition coefficient (Wildman–Crippen LogP) is 2.24. The summed E-state index contributed by atoms with van der Waals surface area (Å²) in [5.41, 5.74) is 0.493. The lowest BCUT2D eigenvalue weighted by molar-refractivity contribution is -0.136. The zero-order chi connectivity index (χ0) is 11.3. The van der Waals surface area contributed by atoms with Gasteiger partial charge in [-0.15, -0.1) is 0 Å². The van der Waals surface area contributed by atoms with Crippen molar-refractivity contribution in [2.75, 3.05) is 0 Å². The van der Waals surface area contributed by atoms with Crippen LogP contribution < -0.4 is 0 Å². The molecule has 1 aromatic heterocycles. The number of aliphatic hydroxyl groups excluding tert-OH is 1. The van der Waals surface area contributed by atoms with Crippen LogP contribution in [-0.2, 0) is 0 Å². The van der Waals surface area contributed by atoms with E-state index in [0.29, 0.717) is 5.56 Å². The van der Waals surface area contributed by atoms with Crippen LogP contribution in [0.3, 0.4) is 0 Å². The molecule has 0 aliphatic carbocycles. The Kier molecular flexibility index (Phi) is 4.02. The molecule has 0 saturated heterocycles. The summed E-state index contributed by atoms with van der Waals surface area (Å²) in [6.07, 6.45) is -3.21. The molecule has 6 heteroatoms. The molecule has 0 amide bonds. The fourth-order valence-electron chi connectivity index (χ4n) is 1.16. The van der Waals surface area contributed by atoms with E-state index in [0.717, 1.165) is 0 Å². The Morgan fingerprint density at radius 2 is 2.07 bits per heavy atom. The molecule has 1 aromatic rings. The molecule has 1 rings (SSSR count). The average molecular weight is 220 g/mol. The van der Waals surface area contributed by atoms with Crippen LogP contribution in [0.1, 0.15) is 30.9 Å². The van der Waals surface area contributed by atoms with Crippen LogP contribution in [0, 0.1) is 0 Å². The van der Waals surface area contributed by atoms with Gasteiger partial charge >= 0.3 is 6.18 Å². The van der Waals surface area contributed by atoms with Crippen molar-refractivity contribution in [2.45, 2.75) is 31.5 Å². The molecule has 84 valence electrons. The number of halogens is 3. The number of aromatic nitrogens is 2. The lowest BCUT2D eigenvalue weighted by Gasteiger charge is -2.10. The number of nitrogens with zero attached hydrogens (tertiary/aromatic N) is 2. The summed E-state index contributed by atoms with van der Waals surface area (Å²) in [6, 6.07) is 1.53. The molecule has 0 spiro atoms. The lowest BCUT2D eigenvalue weighted by atomic mass is 10.1. The molecule has 15 heavy (non-hydrogen) atoms. The van der Waals surface area contributed by atoms with Gasteiger partial charge in [-0.05, 0) is 18.9 Å². The molecule has 1 unspecified atom stereocenters. The fraction of sp³-hybridized carbons (Fsp3) is 0.556. The van der Waals surface area contributed by atoms with E-state index in [4.69, 9.17) is 0 Å². The van der Waals surface area contributed by atoms with E-state index < -0.39 is 18.7 Å². The topological polar surface area (TPSA) is 46.0 Å². The minimum Gasteiger partial charge on any atom is -0.388 e. The molecule has 0 aromatic carbocycles. The molecular weight excluding hydrogens is 209 g/mol. The maximum absolute atomic E-state index is 11.8. The van der Waals surface area contributed by atoms with Crippen LogP contribution >= 0.6 is 0 Å². The monoisotopic (exact) mass is 220 g/mol. The first-order valence-corrected chi connectivity index (χ1v) is 4.50. The number of aliphatic hydroxyl groups is 1. The van der Waals surface area contributed by atoms with Gasteiger partial charge in [-0.25, -0.2) is 0 Å². The van der Waals surface area contributed by atoms with Crippen molar-refractivity contribution in [3.8, 4) is 0 Å². The van der Waals surface area contributed by atoms with E-state index in [1.54, 1.807) is 0 Å². The van der Waals surface area contributed by atoms with Gasteiger partial charge in [0.2, 0.25) is 0 Å². The third kappa shape index (κ3) is 4.73.